The molecule has 36 heavy (non-hydrogen) atoms. The van der Waals surface area contributed by atoms with E-state index in [-0.39, 0.29) is 29.6 Å². The van der Waals surface area contributed by atoms with E-state index in [1.54, 1.807) is 25.5 Å². The fourth-order valence-corrected chi connectivity index (χ4v) is 5.66. The Morgan fingerprint density at radius 2 is 1.78 bits per heavy atom. The van der Waals surface area contributed by atoms with Gasteiger partial charge in [-0.2, -0.15) is 0 Å². The number of benzene rings is 2. The van der Waals surface area contributed by atoms with Crippen molar-refractivity contribution in [3.05, 3.63) is 77.7 Å². The second-order valence-electron chi connectivity index (χ2n) is 9.63. The number of hydrogen-bond acceptors (Lipinski definition) is 6. The summed E-state index contributed by atoms with van der Waals surface area (Å²) in [5.41, 5.74) is 11.2. The molecule has 0 spiro atoms. The van der Waals surface area contributed by atoms with Gasteiger partial charge in [0.25, 0.3) is 5.91 Å². The first-order valence-corrected chi connectivity index (χ1v) is 14.0. The highest BCUT2D eigenvalue weighted by Gasteiger charge is 2.42. The number of aromatic amines is 1. The molecule has 3 N–H and O–H groups in total. The molecule has 0 radical (unpaired) electrons. The number of para-hydroxylation sites is 1. The Hall–Kier alpha value is -3.72. The van der Waals surface area contributed by atoms with Gasteiger partial charge >= 0.3 is 0 Å². The van der Waals surface area contributed by atoms with E-state index in [4.69, 9.17) is 5.73 Å². The maximum Gasteiger partial charge on any atom is 0.255 e. The molecule has 186 valence electrons. The minimum atomic E-state index is -3.16. The number of rotatable bonds is 7. The third-order valence-electron chi connectivity index (χ3n) is 7.26. The van der Waals surface area contributed by atoms with Crippen LogP contribution in [0.4, 0.5) is 5.95 Å². The molecule has 5 rings (SSSR count). The van der Waals surface area contributed by atoms with Gasteiger partial charge in [0.05, 0.1) is 16.8 Å². The van der Waals surface area contributed by atoms with Crippen molar-refractivity contribution in [2.75, 3.05) is 31.3 Å². The molecule has 0 aliphatic heterocycles. The minimum absolute atomic E-state index is 0.0667. The van der Waals surface area contributed by atoms with Crippen LogP contribution in [0.25, 0.3) is 22.0 Å². The first kappa shape index (κ1) is 24.0. The van der Waals surface area contributed by atoms with Crippen LogP contribution < -0.4 is 5.73 Å². The molecule has 0 bridgehead atoms. The van der Waals surface area contributed by atoms with Crippen LogP contribution >= 0.6 is 0 Å². The Morgan fingerprint density at radius 3 is 2.39 bits per heavy atom. The number of amides is 1. The Balaban J connectivity index is 1.47. The maximum atomic E-state index is 13.2. The van der Waals surface area contributed by atoms with Gasteiger partial charge in [-0.05, 0) is 35.6 Å². The number of H-pyrrole nitrogens is 1. The van der Waals surface area contributed by atoms with Gasteiger partial charge in [-0.3, -0.25) is 4.79 Å². The van der Waals surface area contributed by atoms with E-state index in [0.717, 1.165) is 41.3 Å². The summed E-state index contributed by atoms with van der Waals surface area (Å²) < 4.78 is 23.1. The maximum absolute atomic E-state index is 13.2. The van der Waals surface area contributed by atoms with Crippen LogP contribution in [-0.2, 0) is 15.3 Å². The normalized spacial score (nSPS) is 14.9. The lowest BCUT2D eigenvalue weighted by Crippen LogP contribution is -2.35. The molecule has 1 amide bonds. The van der Waals surface area contributed by atoms with Crippen molar-refractivity contribution in [2.45, 2.75) is 24.7 Å². The molecule has 0 atom stereocenters. The standard InChI is InChI=1S/C27H29N5O3S/c1-32(13-14-36(2,34)35)25(33)22-6-3-5-21-23(17-29-24(21)22)27(11-4-12-27)20-9-7-18(8-10-20)19-15-30-26(28)31-16-19/h3,5-10,15-17,29H,4,11-14H2,1-2H3,(H2,28,30,31). The number of anilines is 1. The lowest BCUT2D eigenvalue weighted by Gasteiger charge is -2.43. The molecule has 1 aliphatic carbocycles. The number of nitrogens with zero attached hydrogens (tertiary/aromatic N) is 3. The van der Waals surface area contributed by atoms with Gasteiger partial charge in [-0.25, -0.2) is 18.4 Å². The van der Waals surface area contributed by atoms with Crippen molar-refractivity contribution in [2.24, 2.45) is 0 Å². The predicted molar refractivity (Wildman–Crippen MR) is 141 cm³/mol. The zero-order valence-corrected chi connectivity index (χ0v) is 21.2. The molecule has 8 nitrogen and oxygen atoms in total. The summed E-state index contributed by atoms with van der Waals surface area (Å²) in [4.78, 5) is 26.2. The number of aromatic nitrogens is 3. The number of hydrogen-bond donors (Lipinski definition) is 2. The highest BCUT2D eigenvalue weighted by molar-refractivity contribution is 7.90. The summed E-state index contributed by atoms with van der Waals surface area (Å²) in [6, 6.07) is 14.2. The topological polar surface area (TPSA) is 122 Å². The summed E-state index contributed by atoms with van der Waals surface area (Å²) in [6.07, 6.45) is 9.83. The van der Waals surface area contributed by atoms with Gasteiger partial charge in [0, 0.05) is 54.8 Å². The molecule has 1 aliphatic rings. The highest BCUT2D eigenvalue weighted by atomic mass is 32.2. The monoisotopic (exact) mass is 503 g/mol. The van der Waals surface area contributed by atoms with Crippen LogP contribution in [0.1, 0.15) is 40.7 Å². The summed E-state index contributed by atoms with van der Waals surface area (Å²) in [5.74, 6) is -0.0130. The van der Waals surface area contributed by atoms with Crippen LogP contribution in [0.2, 0.25) is 0 Å². The fourth-order valence-electron chi connectivity index (χ4n) is 5.05. The average Bonchev–Trinajstić information content (AvgIpc) is 3.26. The molecule has 4 aromatic rings. The Morgan fingerprint density at radius 1 is 1.08 bits per heavy atom. The smallest absolute Gasteiger partial charge is 0.255 e. The van der Waals surface area contributed by atoms with E-state index in [1.807, 2.05) is 12.3 Å². The summed E-state index contributed by atoms with van der Waals surface area (Å²) in [5, 5.41) is 1.02. The SMILES string of the molecule is CN(CCS(C)(=O)=O)C(=O)c1cccc2c(C3(c4ccc(-c5cnc(N)nc5)cc4)CCC3)c[nH]c12. The number of nitrogen functional groups attached to an aromatic ring is 1. The molecule has 2 heterocycles. The fraction of sp³-hybridized carbons (Fsp3) is 0.296. The van der Waals surface area contributed by atoms with Crippen LogP contribution in [0, 0.1) is 0 Å². The van der Waals surface area contributed by atoms with Crippen molar-refractivity contribution < 1.29 is 13.2 Å². The van der Waals surface area contributed by atoms with E-state index < -0.39 is 9.84 Å². The van der Waals surface area contributed by atoms with E-state index in [0.29, 0.717) is 5.56 Å². The van der Waals surface area contributed by atoms with Gasteiger partial charge < -0.3 is 15.6 Å². The summed E-state index contributed by atoms with van der Waals surface area (Å²) in [6.45, 7) is 0.150. The number of nitrogens with two attached hydrogens (primary N) is 1. The summed E-state index contributed by atoms with van der Waals surface area (Å²) in [7, 11) is -1.52. The average molecular weight is 504 g/mol. The number of carbonyl (C=O) groups is 1. The van der Waals surface area contributed by atoms with E-state index >= 15 is 0 Å². The molecule has 1 saturated carbocycles. The number of carbonyl (C=O) groups excluding carboxylic acids is 1. The van der Waals surface area contributed by atoms with Crippen molar-refractivity contribution in [1.82, 2.24) is 19.9 Å². The molecule has 2 aromatic carbocycles. The van der Waals surface area contributed by atoms with Gasteiger partial charge in [0.2, 0.25) is 5.95 Å². The van der Waals surface area contributed by atoms with Gasteiger partial charge in [-0.1, -0.05) is 42.8 Å². The first-order chi connectivity index (χ1) is 17.2. The van der Waals surface area contributed by atoms with E-state index in [2.05, 4.69) is 45.3 Å². The van der Waals surface area contributed by atoms with Crippen LogP contribution in [-0.4, -0.2) is 59.8 Å². The molecule has 2 aromatic heterocycles. The first-order valence-electron chi connectivity index (χ1n) is 11.9. The third-order valence-corrected chi connectivity index (χ3v) is 8.18. The molecule has 9 heteroatoms. The molecular formula is C27H29N5O3S. The second kappa shape index (κ2) is 9.05. The molecule has 0 unspecified atom stereocenters. The van der Waals surface area contributed by atoms with Gasteiger partial charge in [0.15, 0.2) is 0 Å². The van der Waals surface area contributed by atoms with Crippen molar-refractivity contribution >= 4 is 32.6 Å². The molecule has 0 saturated heterocycles. The minimum Gasteiger partial charge on any atom is -0.368 e. The third kappa shape index (κ3) is 4.35. The van der Waals surface area contributed by atoms with Crippen molar-refractivity contribution in [3.63, 3.8) is 0 Å². The molecular weight excluding hydrogens is 474 g/mol. The second-order valence-corrected chi connectivity index (χ2v) is 11.9. The Labute approximate surface area is 210 Å². The Bertz CT molecular complexity index is 1520. The van der Waals surface area contributed by atoms with Gasteiger partial charge in [0.1, 0.15) is 9.84 Å². The quantitative estimate of drug-likeness (QED) is 0.396. The lowest BCUT2D eigenvalue weighted by atomic mass is 9.60. The zero-order chi connectivity index (χ0) is 25.5. The Kier molecular flexibility index (Phi) is 6.04. The van der Waals surface area contributed by atoms with Crippen molar-refractivity contribution in [3.8, 4) is 11.1 Å². The largest absolute Gasteiger partial charge is 0.368 e. The van der Waals surface area contributed by atoms with Crippen LogP contribution in [0.5, 0.6) is 0 Å². The lowest BCUT2D eigenvalue weighted by molar-refractivity contribution is 0.0805. The van der Waals surface area contributed by atoms with Crippen molar-refractivity contribution in [1.29, 1.82) is 0 Å². The number of sulfone groups is 1. The summed E-state index contributed by atoms with van der Waals surface area (Å²) >= 11 is 0. The predicted octanol–water partition coefficient (Wildman–Crippen LogP) is 3.79. The van der Waals surface area contributed by atoms with Crippen LogP contribution in [0.3, 0.4) is 0 Å². The molecule has 1 fully saturated rings. The van der Waals surface area contributed by atoms with E-state index in [1.165, 1.54) is 22.3 Å². The highest BCUT2D eigenvalue weighted by Crippen LogP contribution is 2.51. The van der Waals surface area contributed by atoms with Crippen LogP contribution in [0.15, 0.2) is 61.1 Å². The van der Waals surface area contributed by atoms with Gasteiger partial charge in [-0.15, -0.1) is 0 Å². The van der Waals surface area contributed by atoms with E-state index in [9.17, 15) is 13.2 Å². The number of nitrogens with one attached hydrogen (secondary N) is 1. The number of fused-ring (bicyclic) bond motifs is 1. The zero-order valence-electron chi connectivity index (χ0n) is 20.4.